The number of Topliss-reactive ketones (excluding diaryl/α,β-unsaturated/α-hetero) is 1. The number of benzene rings is 2. The number of nitrogens with one attached hydrogen (secondary N) is 2. The number of ether oxygens (including phenoxy) is 2. The van der Waals surface area contributed by atoms with Gasteiger partial charge in [0.1, 0.15) is 13.2 Å². The second-order valence-corrected chi connectivity index (χ2v) is 10.6. The zero-order chi connectivity index (χ0) is 30.8. The van der Waals surface area contributed by atoms with Crippen molar-refractivity contribution in [1.29, 1.82) is 0 Å². The largest absolute Gasteiger partial charge is 0.455 e. The minimum atomic E-state index is -1.14. The van der Waals surface area contributed by atoms with E-state index in [1.165, 1.54) is 55.5 Å². The molecule has 2 amide bonds. The Morgan fingerprint density at radius 3 is 1.98 bits per heavy atom. The minimum Gasteiger partial charge on any atom is -0.455 e. The highest BCUT2D eigenvalue weighted by Gasteiger charge is 2.45. The number of β-lactam (4-membered cyclic amide) rings is 1. The monoisotopic (exact) mass is 604 g/mol. The predicted molar refractivity (Wildman–Crippen MR) is 147 cm³/mol. The van der Waals surface area contributed by atoms with Crippen molar-refractivity contribution in [3.63, 3.8) is 0 Å². The summed E-state index contributed by atoms with van der Waals surface area (Å²) >= 11 is 1.05. The van der Waals surface area contributed by atoms with Crippen LogP contribution in [0.4, 0.5) is 16.2 Å². The second-order valence-electron chi connectivity index (χ2n) is 9.27. The van der Waals surface area contributed by atoms with Crippen LogP contribution in [0.5, 0.6) is 0 Å². The lowest BCUT2D eigenvalue weighted by Crippen LogP contribution is -2.63. The summed E-state index contributed by atoms with van der Waals surface area (Å²) in [7, 11) is 0. The molecule has 0 spiro atoms. The Kier molecular flexibility index (Phi) is 11.3. The van der Waals surface area contributed by atoms with Crippen molar-refractivity contribution >= 4 is 46.9 Å². The Balaban J connectivity index is 1.51. The van der Waals surface area contributed by atoms with Gasteiger partial charge < -0.3 is 25.2 Å². The lowest BCUT2D eigenvalue weighted by molar-refractivity contribution is -0.385. The number of carbonyl (C=O) groups is 4. The Morgan fingerprint density at radius 1 is 0.976 bits per heavy atom. The average molecular weight is 605 g/mol. The maximum atomic E-state index is 13.0. The molecule has 3 rings (SSSR count). The molecule has 1 aliphatic rings. The molecule has 0 aliphatic carbocycles. The van der Waals surface area contributed by atoms with Gasteiger partial charge >= 0.3 is 12.1 Å². The number of amides is 2. The van der Waals surface area contributed by atoms with Gasteiger partial charge in [-0.1, -0.05) is 0 Å². The molecule has 0 saturated carbocycles. The predicted octanol–water partition coefficient (Wildman–Crippen LogP) is 2.03. The third kappa shape index (κ3) is 8.97. The second kappa shape index (κ2) is 14.9. The number of aliphatic hydroxyl groups is 1. The summed E-state index contributed by atoms with van der Waals surface area (Å²) in [5.41, 5.74) is 0.735. The molecule has 1 aliphatic heterocycles. The molecule has 224 valence electrons. The van der Waals surface area contributed by atoms with E-state index in [0.717, 1.165) is 11.8 Å². The molecular formula is C26H28N4O11S. The van der Waals surface area contributed by atoms with Gasteiger partial charge in [0.2, 0.25) is 5.91 Å². The summed E-state index contributed by atoms with van der Waals surface area (Å²) in [5, 5.41) is 35.6. The van der Waals surface area contributed by atoms with Crippen molar-refractivity contribution < 1.29 is 43.6 Å². The van der Waals surface area contributed by atoms with E-state index >= 15 is 0 Å². The highest BCUT2D eigenvalue weighted by molar-refractivity contribution is 8.00. The normalized spacial score (nSPS) is 17.1. The highest BCUT2D eigenvalue weighted by Crippen LogP contribution is 2.28. The molecule has 3 N–H and O–H groups in total. The molecule has 0 aromatic heterocycles. The van der Waals surface area contributed by atoms with Crippen molar-refractivity contribution in [3.8, 4) is 0 Å². The lowest BCUT2D eigenvalue weighted by Gasteiger charge is -2.39. The van der Waals surface area contributed by atoms with Gasteiger partial charge in [-0.05, 0) is 48.7 Å². The third-order valence-electron chi connectivity index (χ3n) is 6.27. The summed E-state index contributed by atoms with van der Waals surface area (Å²) in [6.45, 7) is 1.09. The number of thioether (sulfide) groups is 1. The van der Waals surface area contributed by atoms with Gasteiger partial charge in [-0.2, -0.15) is 0 Å². The van der Waals surface area contributed by atoms with Crippen molar-refractivity contribution in [3.05, 3.63) is 79.9 Å². The molecule has 16 heteroatoms. The maximum Gasteiger partial charge on any atom is 0.407 e. The molecule has 1 fully saturated rings. The van der Waals surface area contributed by atoms with Crippen LogP contribution < -0.4 is 10.6 Å². The standard InChI is InChI=1S/C26H28N4O11S/c1-15(31)22-20(28-24(22)33)12-21(23(32)25(34)40-13-16-2-6-18(7-3-16)29(36)37)42-11-10-27-26(35)41-14-17-4-8-19(9-5-17)30(38)39/h2-9,15,20-22,31H,10-14H2,1H3,(H,27,35)(H,28,33)/t15-,20-,21?,22-/m1/s1. The van der Waals surface area contributed by atoms with E-state index in [1.54, 1.807) is 0 Å². The van der Waals surface area contributed by atoms with Gasteiger partial charge in [-0.25, -0.2) is 9.59 Å². The van der Waals surface area contributed by atoms with Crippen LogP contribution in [-0.4, -0.2) is 68.4 Å². The first-order valence-corrected chi connectivity index (χ1v) is 13.7. The number of hydrogen-bond acceptors (Lipinski definition) is 12. The molecule has 2 aromatic carbocycles. The fourth-order valence-electron chi connectivity index (χ4n) is 4.03. The number of hydrogen-bond donors (Lipinski definition) is 3. The number of esters is 1. The zero-order valence-electron chi connectivity index (χ0n) is 22.3. The quantitative estimate of drug-likeness (QED) is 0.0664. The average Bonchev–Trinajstić information content (AvgIpc) is 2.95. The van der Waals surface area contributed by atoms with Crippen molar-refractivity contribution in [2.75, 3.05) is 12.3 Å². The number of nitro groups is 2. The first kappa shape index (κ1) is 32.0. The number of aliphatic hydroxyl groups excluding tert-OH is 1. The van der Waals surface area contributed by atoms with Gasteiger partial charge in [0, 0.05) is 42.6 Å². The van der Waals surface area contributed by atoms with Crippen molar-refractivity contribution in [1.82, 2.24) is 10.6 Å². The van der Waals surface area contributed by atoms with E-state index in [9.17, 15) is 44.5 Å². The van der Waals surface area contributed by atoms with Crippen molar-refractivity contribution in [2.45, 2.75) is 44.0 Å². The van der Waals surface area contributed by atoms with E-state index in [0.29, 0.717) is 11.1 Å². The molecule has 1 saturated heterocycles. The Labute approximate surface area is 243 Å². The first-order valence-electron chi connectivity index (χ1n) is 12.6. The van der Waals surface area contributed by atoms with Crippen LogP contribution in [0.15, 0.2) is 48.5 Å². The minimum absolute atomic E-state index is 0.0298. The summed E-state index contributed by atoms with van der Waals surface area (Å²) in [4.78, 5) is 69.8. The number of alkyl carbamates (subject to hydrolysis) is 1. The number of non-ortho nitro benzene ring substituents is 2. The molecule has 0 radical (unpaired) electrons. The number of nitrogens with zero attached hydrogens (tertiary/aromatic N) is 2. The molecule has 2 aromatic rings. The molecule has 42 heavy (non-hydrogen) atoms. The zero-order valence-corrected chi connectivity index (χ0v) is 23.1. The van der Waals surface area contributed by atoms with Gasteiger partial charge in [0.25, 0.3) is 17.2 Å². The van der Waals surface area contributed by atoms with Crippen LogP contribution in [0.1, 0.15) is 24.5 Å². The fourth-order valence-corrected chi connectivity index (χ4v) is 5.13. The van der Waals surface area contributed by atoms with Crippen LogP contribution >= 0.6 is 11.8 Å². The summed E-state index contributed by atoms with van der Waals surface area (Å²) in [6, 6.07) is 10.2. The van der Waals surface area contributed by atoms with Crippen LogP contribution in [0.3, 0.4) is 0 Å². The molecule has 0 bridgehead atoms. The Hall–Kier alpha value is -4.57. The van der Waals surface area contributed by atoms with E-state index in [-0.39, 0.29) is 49.2 Å². The third-order valence-corrected chi connectivity index (χ3v) is 7.52. The lowest BCUT2D eigenvalue weighted by atomic mass is 9.83. The molecule has 4 atom stereocenters. The first-order chi connectivity index (χ1) is 20.0. The van der Waals surface area contributed by atoms with E-state index in [4.69, 9.17) is 9.47 Å². The van der Waals surface area contributed by atoms with E-state index in [1.807, 2.05) is 0 Å². The van der Waals surface area contributed by atoms with Gasteiger partial charge in [0.15, 0.2) is 0 Å². The summed E-state index contributed by atoms with van der Waals surface area (Å²) < 4.78 is 10.2. The summed E-state index contributed by atoms with van der Waals surface area (Å²) in [6.07, 6.45) is -1.70. The molecule has 1 unspecified atom stereocenters. The fraction of sp³-hybridized carbons (Fsp3) is 0.385. The number of nitro benzene ring substituents is 2. The van der Waals surface area contributed by atoms with Crippen LogP contribution in [0.2, 0.25) is 0 Å². The topological polar surface area (TPSA) is 217 Å². The van der Waals surface area contributed by atoms with E-state index in [2.05, 4.69) is 10.6 Å². The van der Waals surface area contributed by atoms with Crippen LogP contribution in [0, 0.1) is 26.1 Å². The van der Waals surface area contributed by atoms with E-state index < -0.39 is 51.0 Å². The smallest absolute Gasteiger partial charge is 0.407 e. The Morgan fingerprint density at radius 2 is 1.50 bits per heavy atom. The van der Waals surface area contributed by atoms with Crippen molar-refractivity contribution in [2.24, 2.45) is 5.92 Å². The Bertz CT molecular complexity index is 1320. The number of rotatable bonds is 15. The summed E-state index contributed by atoms with van der Waals surface area (Å²) in [5.74, 6) is -2.96. The van der Waals surface area contributed by atoms with Gasteiger partial charge in [-0.3, -0.25) is 29.8 Å². The van der Waals surface area contributed by atoms with Crippen LogP contribution in [0.25, 0.3) is 0 Å². The van der Waals surface area contributed by atoms with Gasteiger partial charge in [-0.15, -0.1) is 11.8 Å². The molecule has 15 nitrogen and oxygen atoms in total. The number of carbonyl (C=O) groups excluding carboxylic acids is 4. The SMILES string of the molecule is C[C@@H](O)[C@H]1C(=O)N[C@@H]1CC(SCCNC(=O)OCc1ccc([N+](=O)[O-])cc1)C(=O)C(=O)OCc1ccc([N+](=O)[O-])cc1. The maximum absolute atomic E-state index is 13.0. The highest BCUT2D eigenvalue weighted by atomic mass is 32.2. The molecule has 1 heterocycles. The van der Waals surface area contributed by atoms with Crippen LogP contribution in [-0.2, 0) is 37.1 Å². The van der Waals surface area contributed by atoms with Gasteiger partial charge in [0.05, 0.1) is 27.1 Å². The number of ketones is 1. The molecular weight excluding hydrogens is 576 g/mol.